The Morgan fingerprint density at radius 3 is 2.28 bits per heavy atom. The molecule has 1 aliphatic rings. The maximum Gasteiger partial charge on any atom is 0.306 e. The minimum absolute atomic E-state index is 0.287. The highest BCUT2D eigenvalue weighted by molar-refractivity contribution is 5.90. The fourth-order valence-electron chi connectivity index (χ4n) is 2.12. The van der Waals surface area contributed by atoms with Gasteiger partial charge < -0.3 is 16.2 Å². The molecule has 2 unspecified atom stereocenters. The second-order valence-corrected chi connectivity index (χ2v) is 5.38. The number of aliphatic carboxylic acids is 1. The first-order valence-electron chi connectivity index (χ1n) is 6.08. The third-order valence-corrected chi connectivity index (χ3v) is 3.45. The van der Waals surface area contributed by atoms with Gasteiger partial charge in [-0.2, -0.15) is 0 Å². The third kappa shape index (κ3) is 3.45. The maximum atomic E-state index is 12.0. The fourth-order valence-corrected chi connectivity index (χ4v) is 2.12. The minimum atomic E-state index is -1.10. The van der Waals surface area contributed by atoms with Crippen LogP contribution in [0, 0.1) is 11.8 Å². The SMILES string of the molecule is CC(C)(NC(=O)C1CCCC(C(=O)O)C1)C(N)=O. The Morgan fingerprint density at radius 1 is 1.22 bits per heavy atom. The van der Waals surface area contributed by atoms with Crippen LogP contribution in [0.5, 0.6) is 0 Å². The smallest absolute Gasteiger partial charge is 0.306 e. The van der Waals surface area contributed by atoms with Crippen molar-refractivity contribution in [1.29, 1.82) is 0 Å². The first-order chi connectivity index (χ1) is 8.24. The average molecular weight is 256 g/mol. The van der Waals surface area contributed by atoms with E-state index in [4.69, 9.17) is 10.8 Å². The van der Waals surface area contributed by atoms with E-state index in [1.807, 2.05) is 0 Å². The van der Waals surface area contributed by atoms with Gasteiger partial charge in [0.15, 0.2) is 0 Å². The van der Waals surface area contributed by atoms with Crippen molar-refractivity contribution in [2.24, 2.45) is 17.6 Å². The van der Waals surface area contributed by atoms with Gasteiger partial charge in [-0.25, -0.2) is 0 Å². The van der Waals surface area contributed by atoms with Gasteiger partial charge in [0.05, 0.1) is 5.92 Å². The van der Waals surface area contributed by atoms with Crippen LogP contribution in [0.4, 0.5) is 0 Å². The van der Waals surface area contributed by atoms with Crippen LogP contribution in [0.3, 0.4) is 0 Å². The molecule has 1 rings (SSSR count). The zero-order valence-electron chi connectivity index (χ0n) is 10.7. The molecule has 0 aliphatic heterocycles. The molecule has 0 aromatic rings. The molecule has 6 nitrogen and oxygen atoms in total. The molecule has 0 radical (unpaired) electrons. The molecule has 1 saturated carbocycles. The van der Waals surface area contributed by atoms with Crippen molar-refractivity contribution in [2.45, 2.75) is 45.1 Å². The summed E-state index contributed by atoms with van der Waals surface area (Å²) in [5.74, 6) is -2.57. The molecule has 2 atom stereocenters. The van der Waals surface area contributed by atoms with E-state index < -0.39 is 23.3 Å². The number of amides is 2. The van der Waals surface area contributed by atoms with E-state index in [9.17, 15) is 14.4 Å². The predicted molar refractivity (Wildman–Crippen MR) is 64.5 cm³/mol. The lowest BCUT2D eigenvalue weighted by Crippen LogP contribution is -2.54. The number of carbonyl (C=O) groups excluding carboxylic acids is 2. The van der Waals surface area contributed by atoms with Crippen molar-refractivity contribution in [3.05, 3.63) is 0 Å². The molecule has 102 valence electrons. The maximum absolute atomic E-state index is 12.0. The van der Waals surface area contributed by atoms with Crippen LogP contribution in [-0.2, 0) is 14.4 Å². The Hall–Kier alpha value is -1.59. The van der Waals surface area contributed by atoms with E-state index in [1.165, 1.54) is 13.8 Å². The number of primary amides is 1. The van der Waals surface area contributed by atoms with Crippen molar-refractivity contribution in [1.82, 2.24) is 5.32 Å². The standard InChI is InChI=1S/C12H20N2O4/c1-12(2,11(13)18)14-9(15)7-4-3-5-8(6-7)10(16)17/h7-8H,3-6H2,1-2H3,(H2,13,18)(H,14,15)(H,16,17). The van der Waals surface area contributed by atoms with Gasteiger partial charge in [0.25, 0.3) is 0 Å². The molecular formula is C12H20N2O4. The average Bonchev–Trinajstić information content (AvgIpc) is 2.28. The second-order valence-electron chi connectivity index (χ2n) is 5.38. The van der Waals surface area contributed by atoms with Crippen molar-refractivity contribution in [3.8, 4) is 0 Å². The minimum Gasteiger partial charge on any atom is -0.481 e. The van der Waals surface area contributed by atoms with E-state index in [0.717, 1.165) is 0 Å². The normalized spacial score (nSPS) is 24.3. The van der Waals surface area contributed by atoms with E-state index in [0.29, 0.717) is 25.7 Å². The van der Waals surface area contributed by atoms with Crippen molar-refractivity contribution >= 4 is 17.8 Å². The van der Waals surface area contributed by atoms with Gasteiger partial charge in [0.1, 0.15) is 5.54 Å². The lowest BCUT2D eigenvalue weighted by Gasteiger charge is -2.29. The molecule has 4 N–H and O–H groups in total. The molecule has 1 aliphatic carbocycles. The Kier molecular flexibility index (Phi) is 4.32. The number of carbonyl (C=O) groups is 3. The Bertz CT molecular complexity index is 365. The molecule has 1 fully saturated rings. The number of nitrogens with one attached hydrogen (secondary N) is 1. The van der Waals surface area contributed by atoms with Gasteiger partial charge in [-0.15, -0.1) is 0 Å². The number of nitrogens with two attached hydrogens (primary N) is 1. The van der Waals surface area contributed by atoms with E-state index in [2.05, 4.69) is 5.32 Å². The molecule has 0 bridgehead atoms. The molecule has 0 aromatic heterocycles. The molecule has 2 amide bonds. The number of hydrogen-bond acceptors (Lipinski definition) is 3. The quantitative estimate of drug-likeness (QED) is 0.670. The molecule has 0 saturated heterocycles. The molecule has 0 aromatic carbocycles. The van der Waals surface area contributed by atoms with Gasteiger partial charge >= 0.3 is 5.97 Å². The number of rotatable bonds is 4. The summed E-state index contributed by atoms with van der Waals surface area (Å²) in [5.41, 5.74) is 4.07. The summed E-state index contributed by atoms with van der Waals surface area (Å²) in [5, 5.41) is 11.5. The lowest BCUT2D eigenvalue weighted by atomic mass is 9.80. The summed E-state index contributed by atoms with van der Waals surface area (Å²) in [6.07, 6.45) is 2.31. The summed E-state index contributed by atoms with van der Waals surface area (Å²) in [7, 11) is 0. The summed E-state index contributed by atoms with van der Waals surface area (Å²) in [4.78, 5) is 34.0. The molecule has 18 heavy (non-hydrogen) atoms. The second kappa shape index (κ2) is 5.37. The van der Waals surface area contributed by atoms with E-state index in [-0.39, 0.29) is 11.8 Å². The Labute approximate surface area is 106 Å². The van der Waals surface area contributed by atoms with E-state index >= 15 is 0 Å². The fraction of sp³-hybridized carbons (Fsp3) is 0.750. The predicted octanol–water partition coefficient (Wildman–Crippen LogP) is 0.258. The molecule has 0 heterocycles. The Morgan fingerprint density at radius 2 is 1.78 bits per heavy atom. The van der Waals surface area contributed by atoms with Crippen LogP contribution < -0.4 is 11.1 Å². The van der Waals surface area contributed by atoms with E-state index in [1.54, 1.807) is 0 Å². The van der Waals surface area contributed by atoms with Crippen LogP contribution >= 0.6 is 0 Å². The van der Waals surface area contributed by atoms with Gasteiger partial charge in [-0.1, -0.05) is 6.42 Å². The topological polar surface area (TPSA) is 109 Å². The zero-order valence-corrected chi connectivity index (χ0v) is 10.7. The first kappa shape index (κ1) is 14.5. The van der Waals surface area contributed by atoms with Crippen LogP contribution in [0.15, 0.2) is 0 Å². The highest BCUT2D eigenvalue weighted by Gasteiger charge is 2.34. The summed E-state index contributed by atoms with van der Waals surface area (Å²) < 4.78 is 0. The highest BCUT2D eigenvalue weighted by atomic mass is 16.4. The number of carboxylic acids is 1. The summed E-state index contributed by atoms with van der Waals surface area (Å²) >= 11 is 0. The van der Waals surface area contributed by atoms with Crippen LogP contribution in [0.25, 0.3) is 0 Å². The van der Waals surface area contributed by atoms with Crippen molar-refractivity contribution in [3.63, 3.8) is 0 Å². The van der Waals surface area contributed by atoms with Gasteiger partial charge in [0.2, 0.25) is 11.8 Å². The first-order valence-corrected chi connectivity index (χ1v) is 6.08. The zero-order chi connectivity index (χ0) is 13.9. The summed E-state index contributed by atoms with van der Waals surface area (Å²) in [6, 6.07) is 0. The highest BCUT2D eigenvalue weighted by Crippen LogP contribution is 2.29. The molecular weight excluding hydrogens is 236 g/mol. The molecule has 6 heteroatoms. The molecule has 0 spiro atoms. The van der Waals surface area contributed by atoms with Crippen molar-refractivity contribution in [2.75, 3.05) is 0 Å². The summed E-state index contributed by atoms with van der Waals surface area (Å²) in [6.45, 7) is 3.06. The Balaban J connectivity index is 2.62. The lowest BCUT2D eigenvalue weighted by molar-refractivity contribution is -0.144. The van der Waals surface area contributed by atoms with Crippen molar-refractivity contribution < 1.29 is 19.5 Å². The van der Waals surface area contributed by atoms with Gasteiger partial charge in [0, 0.05) is 5.92 Å². The van der Waals surface area contributed by atoms with Crippen LogP contribution in [0.1, 0.15) is 39.5 Å². The monoisotopic (exact) mass is 256 g/mol. The largest absolute Gasteiger partial charge is 0.481 e. The van der Waals surface area contributed by atoms with Gasteiger partial charge in [-0.3, -0.25) is 14.4 Å². The van der Waals surface area contributed by atoms with Gasteiger partial charge in [-0.05, 0) is 33.1 Å². The number of hydrogen-bond donors (Lipinski definition) is 3. The number of carboxylic acid groups (broad SMARTS) is 1. The van der Waals surface area contributed by atoms with Crippen LogP contribution in [0.2, 0.25) is 0 Å². The van der Waals surface area contributed by atoms with Crippen LogP contribution in [-0.4, -0.2) is 28.4 Å². The third-order valence-electron chi connectivity index (χ3n) is 3.45.